The molecule has 0 bridgehead atoms. The van der Waals surface area contributed by atoms with Crippen LogP contribution in [0.4, 0.5) is 0 Å². The first-order chi connectivity index (χ1) is 7.12. The van der Waals surface area contributed by atoms with E-state index in [0.717, 1.165) is 24.1 Å². The van der Waals surface area contributed by atoms with Crippen molar-refractivity contribution < 1.29 is 9.90 Å². The van der Waals surface area contributed by atoms with E-state index in [9.17, 15) is 9.90 Å². The van der Waals surface area contributed by atoms with Crippen LogP contribution in [0.2, 0.25) is 0 Å². The molecule has 0 atom stereocenters. The second kappa shape index (κ2) is 4.06. The molecule has 0 radical (unpaired) electrons. The summed E-state index contributed by atoms with van der Waals surface area (Å²) in [4.78, 5) is 13.9. The van der Waals surface area contributed by atoms with E-state index in [2.05, 4.69) is 0 Å². The highest BCUT2D eigenvalue weighted by molar-refractivity contribution is 7.14. The van der Waals surface area contributed by atoms with Crippen molar-refractivity contribution in [3.05, 3.63) is 21.9 Å². The van der Waals surface area contributed by atoms with Gasteiger partial charge in [-0.3, -0.25) is 4.79 Å². The minimum absolute atomic E-state index is 0.0692. The summed E-state index contributed by atoms with van der Waals surface area (Å²) in [6.45, 7) is 1.98. The van der Waals surface area contributed by atoms with Crippen molar-refractivity contribution in [2.24, 2.45) is 0 Å². The molecule has 0 spiro atoms. The van der Waals surface area contributed by atoms with E-state index >= 15 is 0 Å². The van der Waals surface area contributed by atoms with E-state index in [-0.39, 0.29) is 5.78 Å². The summed E-state index contributed by atoms with van der Waals surface area (Å²) in [7, 11) is 0. The van der Waals surface area contributed by atoms with Crippen LogP contribution in [0.25, 0.3) is 0 Å². The number of Topliss-reactive ketones (excluding diaryl/α,β-unsaturated/α-hetero) is 1. The lowest BCUT2D eigenvalue weighted by atomic mass is 9.81. The predicted octanol–water partition coefficient (Wildman–Crippen LogP) is 2.93. The van der Waals surface area contributed by atoms with Crippen LogP contribution in [0.15, 0.2) is 12.1 Å². The Hall–Kier alpha value is -0.670. The van der Waals surface area contributed by atoms with E-state index < -0.39 is 5.60 Å². The molecule has 1 saturated carbocycles. The van der Waals surface area contributed by atoms with E-state index in [1.165, 1.54) is 11.3 Å². The molecule has 2 rings (SSSR count). The smallest absolute Gasteiger partial charge is 0.204 e. The monoisotopic (exact) mass is 224 g/mol. The number of carbonyl (C=O) groups is 1. The Kier molecular flexibility index (Phi) is 2.94. The maximum Gasteiger partial charge on any atom is 0.204 e. The number of ketones is 1. The van der Waals surface area contributed by atoms with Crippen molar-refractivity contribution in [1.82, 2.24) is 0 Å². The average Bonchev–Trinajstić information content (AvgIpc) is 2.65. The predicted molar refractivity (Wildman–Crippen MR) is 61.4 cm³/mol. The number of hydrogen-bond donors (Lipinski definition) is 1. The summed E-state index contributed by atoms with van der Waals surface area (Å²) in [5, 5.41) is 10.3. The molecule has 0 amide bonds. The Balaban J connectivity index is 2.19. The van der Waals surface area contributed by atoms with Crippen molar-refractivity contribution in [3.8, 4) is 0 Å². The zero-order chi connectivity index (χ0) is 10.9. The Morgan fingerprint density at radius 3 is 2.53 bits per heavy atom. The molecule has 0 aliphatic heterocycles. The summed E-state index contributed by atoms with van der Waals surface area (Å²) in [6.07, 6.45) is 4.32. The van der Waals surface area contributed by atoms with Gasteiger partial charge >= 0.3 is 0 Å². The highest BCUT2D eigenvalue weighted by atomic mass is 32.1. The zero-order valence-electron chi connectivity index (χ0n) is 8.95. The van der Waals surface area contributed by atoms with Crippen LogP contribution >= 0.6 is 11.3 Å². The third-order valence-corrected chi connectivity index (χ3v) is 4.07. The summed E-state index contributed by atoms with van der Waals surface area (Å²) in [5.74, 6) is -0.0692. The van der Waals surface area contributed by atoms with E-state index in [1.807, 2.05) is 19.1 Å². The van der Waals surface area contributed by atoms with Crippen molar-refractivity contribution in [1.29, 1.82) is 0 Å². The van der Waals surface area contributed by atoms with Crippen molar-refractivity contribution in [2.75, 3.05) is 0 Å². The van der Waals surface area contributed by atoms with Crippen LogP contribution < -0.4 is 0 Å². The average molecular weight is 224 g/mol. The summed E-state index contributed by atoms with van der Waals surface area (Å²) in [5.41, 5.74) is -1.07. The van der Waals surface area contributed by atoms with Crippen LogP contribution in [-0.4, -0.2) is 16.5 Å². The largest absolute Gasteiger partial charge is 0.382 e. The van der Waals surface area contributed by atoms with Crippen molar-refractivity contribution in [2.45, 2.75) is 44.6 Å². The molecule has 1 N–H and O–H groups in total. The van der Waals surface area contributed by atoms with Crippen LogP contribution in [0.3, 0.4) is 0 Å². The zero-order valence-corrected chi connectivity index (χ0v) is 9.77. The fraction of sp³-hybridized carbons (Fsp3) is 0.583. The number of aliphatic hydroxyl groups is 1. The Labute approximate surface area is 93.9 Å². The molecular formula is C12H16O2S. The standard InChI is InChI=1S/C12H16O2S/c1-9-5-6-10(15-9)11(13)12(14)7-3-2-4-8-12/h5-6,14H,2-4,7-8H2,1H3. The maximum absolute atomic E-state index is 12.1. The molecule has 3 heteroatoms. The number of aryl methyl sites for hydroxylation is 1. The van der Waals surface area contributed by atoms with Gasteiger partial charge in [-0.05, 0) is 31.9 Å². The second-order valence-corrected chi connectivity index (χ2v) is 5.62. The van der Waals surface area contributed by atoms with Gasteiger partial charge in [-0.2, -0.15) is 0 Å². The highest BCUT2D eigenvalue weighted by Gasteiger charge is 2.37. The summed E-state index contributed by atoms with van der Waals surface area (Å²) >= 11 is 1.48. The van der Waals surface area contributed by atoms with Crippen LogP contribution in [0, 0.1) is 6.92 Å². The fourth-order valence-electron chi connectivity index (χ4n) is 2.15. The third kappa shape index (κ3) is 2.13. The van der Waals surface area contributed by atoms with Gasteiger partial charge in [-0.1, -0.05) is 19.3 Å². The first-order valence-electron chi connectivity index (χ1n) is 5.45. The van der Waals surface area contributed by atoms with Gasteiger partial charge in [0, 0.05) is 4.88 Å². The number of thiophene rings is 1. The number of carbonyl (C=O) groups excluding carboxylic acids is 1. The molecule has 1 fully saturated rings. The maximum atomic E-state index is 12.1. The molecule has 82 valence electrons. The van der Waals surface area contributed by atoms with E-state index in [1.54, 1.807) is 0 Å². The molecule has 1 aromatic heterocycles. The van der Waals surface area contributed by atoms with Gasteiger partial charge in [0.2, 0.25) is 5.78 Å². The van der Waals surface area contributed by atoms with Crippen LogP contribution in [-0.2, 0) is 0 Å². The molecule has 0 aromatic carbocycles. The van der Waals surface area contributed by atoms with Gasteiger partial charge in [0.1, 0.15) is 5.60 Å². The van der Waals surface area contributed by atoms with Gasteiger partial charge in [0.25, 0.3) is 0 Å². The van der Waals surface area contributed by atoms with E-state index in [4.69, 9.17) is 0 Å². The molecule has 15 heavy (non-hydrogen) atoms. The molecule has 1 aliphatic carbocycles. The molecule has 1 heterocycles. The Morgan fingerprint density at radius 1 is 1.33 bits per heavy atom. The molecule has 0 unspecified atom stereocenters. The van der Waals surface area contributed by atoms with Crippen LogP contribution in [0.5, 0.6) is 0 Å². The molecule has 1 aliphatic rings. The normalized spacial score (nSPS) is 20.1. The minimum Gasteiger partial charge on any atom is -0.382 e. The first kappa shape index (κ1) is 10.8. The Bertz CT molecular complexity index is 361. The van der Waals surface area contributed by atoms with Gasteiger partial charge in [-0.25, -0.2) is 0 Å². The number of hydrogen-bond acceptors (Lipinski definition) is 3. The first-order valence-corrected chi connectivity index (χ1v) is 6.27. The molecular weight excluding hydrogens is 208 g/mol. The van der Waals surface area contributed by atoms with E-state index in [0.29, 0.717) is 17.7 Å². The lowest BCUT2D eigenvalue weighted by Gasteiger charge is -2.29. The molecule has 2 nitrogen and oxygen atoms in total. The fourth-order valence-corrected chi connectivity index (χ4v) is 3.05. The molecule has 0 saturated heterocycles. The van der Waals surface area contributed by atoms with Gasteiger partial charge in [-0.15, -0.1) is 11.3 Å². The SMILES string of the molecule is Cc1ccc(C(=O)C2(O)CCCCC2)s1. The quantitative estimate of drug-likeness (QED) is 0.784. The van der Waals surface area contributed by atoms with Gasteiger partial charge in [0.05, 0.1) is 4.88 Å². The van der Waals surface area contributed by atoms with Crippen molar-refractivity contribution >= 4 is 17.1 Å². The number of rotatable bonds is 2. The van der Waals surface area contributed by atoms with Crippen LogP contribution in [0.1, 0.15) is 46.7 Å². The van der Waals surface area contributed by atoms with Crippen molar-refractivity contribution in [3.63, 3.8) is 0 Å². The summed E-state index contributed by atoms with van der Waals surface area (Å²) in [6, 6.07) is 3.76. The lowest BCUT2D eigenvalue weighted by molar-refractivity contribution is 0.0120. The molecule has 1 aromatic rings. The summed E-state index contributed by atoms with van der Waals surface area (Å²) < 4.78 is 0. The lowest BCUT2D eigenvalue weighted by Crippen LogP contribution is -2.40. The van der Waals surface area contributed by atoms with Gasteiger partial charge < -0.3 is 5.11 Å². The Morgan fingerprint density at radius 2 is 2.00 bits per heavy atom. The third-order valence-electron chi connectivity index (χ3n) is 3.07. The minimum atomic E-state index is -1.07. The highest BCUT2D eigenvalue weighted by Crippen LogP contribution is 2.32. The second-order valence-electron chi connectivity index (χ2n) is 4.33. The van der Waals surface area contributed by atoms with Gasteiger partial charge in [0.15, 0.2) is 0 Å². The topological polar surface area (TPSA) is 37.3 Å².